The number of amides is 1. The van der Waals surface area contributed by atoms with Gasteiger partial charge in [0.05, 0.1) is 7.11 Å². The highest BCUT2D eigenvalue weighted by Gasteiger charge is 2.06. The number of benzene rings is 1. The Hall–Kier alpha value is -2.30. The fraction of sp³-hybridized carbons (Fsp3) is 0.286. The maximum Gasteiger partial charge on any atom is 0.331 e. The Morgan fingerprint density at radius 2 is 1.84 bits per heavy atom. The maximum atomic E-state index is 11.5. The summed E-state index contributed by atoms with van der Waals surface area (Å²) in [5, 5.41) is 2.61. The van der Waals surface area contributed by atoms with Crippen molar-refractivity contribution in [2.45, 2.75) is 13.8 Å². The Balaban J connectivity index is 2.42. The zero-order valence-corrected chi connectivity index (χ0v) is 11.2. The van der Waals surface area contributed by atoms with Gasteiger partial charge in [-0.2, -0.15) is 0 Å². The molecule has 0 aromatic heterocycles. The molecule has 5 heteroatoms. The Morgan fingerprint density at radius 3 is 2.37 bits per heavy atom. The number of carbonyl (C=O) groups is 2. The van der Waals surface area contributed by atoms with Gasteiger partial charge in [0.25, 0.3) is 5.91 Å². The molecule has 0 atom stereocenters. The molecule has 0 unspecified atom stereocenters. The van der Waals surface area contributed by atoms with E-state index in [0.29, 0.717) is 11.4 Å². The van der Waals surface area contributed by atoms with Crippen LogP contribution in [0, 0.1) is 0 Å². The highest BCUT2D eigenvalue weighted by molar-refractivity contribution is 5.93. The quantitative estimate of drug-likeness (QED) is 0.653. The molecule has 102 valence electrons. The van der Waals surface area contributed by atoms with Gasteiger partial charge < -0.3 is 14.8 Å². The normalized spacial score (nSPS) is 9.42. The van der Waals surface area contributed by atoms with Crippen LogP contribution in [0.1, 0.15) is 13.8 Å². The number of rotatable bonds is 5. The smallest absolute Gasteiger partial charge is 0.331 e. The van der Waals surface area contributed by atoms with E-state index in [1.807, 2.05) is 0 Å². The van der Waals surface area contributed by atoms with E-state index in [1.165, 1.54) is 6.08 Å². The van der Waals surface area contributed by atoms with Gasteiger partial charge in [-0.3, -0.25) is 4.79 Å². The first kappa shape index (κ1) is 14.8. The Kier molecular flexibility index (Phi) is 5.60. The summed E-state index contributed by atoms with van der Waals surface area (Å²) >= 11 is 0. The first-order valence-electron chi connectivity index (χ1n) is 5.77. The van der Waals surface area contributed by atoms with Crippen LogP contribution < -0.4 is 10.1 Å². The molecule has 1 N–H and O–H groups in total. The molecule has 0 fully saturated rings. The van der Waals surface area contributed by atoms with Crippen molar-refractivity contribution < 1.29 is 19.1 Å². The minimum absolute atomic E-state index is 0.311. The van der Waals surface area contributed by atoms with E-state index in [9.17, 15) is 9.59 Å². The van der Waals surface area contributed by atoms with E-state index in [1.54, 1.807) is 45.2 Å². The Bertz CT molecular complexity index is 473. The number of hydrogen-bond donors (Lipinski definition) is 1. The summed E-state index contributed by atoms with van der Waals surface area (Å²) in [7, 11) is 1.57. The van der Waals surface area contributed by atoms with Crippen LogP contribution in [0.15, 0.2) is 35.9 Å². The molecular weight excluding hydrogens is 246 g/mol. The number of esters is 1. The number of anilines is 1. The van der Waals surface area contributed by atoms with Gasteiger partial charge in [-0.1, -0.05) is 5.57 Å². The van der Waals surface area contributed by atoms with Crippen molar-refractivity contribution in [3.8, 4) is 5.75 Å². The summed E-state index contributed by atoms with van der Waals surface area (Å²) in [6.07, 6.45) is 1.33. The topological polar surface area (TPSA) is 64.6 Å². The molecule has 0 bridgehead atoms. The predicted molar refractivity (Wildman–Crippen MR) is 72.0 cm³/mol. The number of carbonyl (C=O) groups excluding carboxylic acids is 2. The lowest BCUT2D eigenvalue weighted by atomic mass is 10.3. The van der Waals surface area contributed by atoms with E-state index in [2.05, 4.69) is 5.32 Å². The molecule has 0 heterocycles. The Labute approximate surface area is 112 Å². The van der Waals surface area contributed by atoms with Crippen molar-refractivity contribution in [3.63, 3.8) is 0 Å². The lowest BCUT2D eigenvalue weighted by Gasteiger charge is -2.06. The zero-order valence-electron chi connectivity index (χ0n) is 11.2. The molecule has 19 heavy (non-hydrogen) atoms. The highest BCUT2D eigenvalue weighted by atomic mass is 16.5. The highest BCUT2D eigenvalue weighted by Crippen LogP contribution is 2.14. The van der Waals surface area contributed by atoms with Gasteiger partial charge in [-0.25, -0.2) is 4.79 Å². The standard InChI is InChI=1S/C14H17NO4/c1-10(2)8-14(17)19-9-13(16)15-11-4-6-12(18-3)7-5-11/h4-8H,9H2,1-3H3,(H,15,16). The van der Waals surface area contributed by atoms with Crippen LogP contribution in [0.5, 0.6) is 5.75 Å². The van der Waals surface area contributed by atoms with E-state index in [0.717, 1.165) is 5.57 Å². The third-order valence-corrected chi connectivity index (χ3v) is 2.13. The van der Waals surface area contributed by atoms with Crippen molar-refractivity contribution in [2.24, 2.45) is 0 Å². The first-order valence-corrected chi connectivity index (χ1v) is 5.77. The number of ether oxygens (including phenoxy) is 2. The lowest BCUT2D eigenvalue weighted by Crippen LogP contribution is -2.20. The molecule has 5 nitrogen and oxygen atoms in total. The minimum atomic E-state index is -0.523. The van der Waals surface area contributed by atoms with Gasteiger partial charge in [-0.15, -0.1) is 0 Å². The fourth-order valence-electron chi connectivity index (χ4n) is 1.29. The van der Waals surface area contributed by atoms with Crippen molar-refractivity contribution in [1.29, 1.82) is 0 Å². The SMILES string of the molecule is COc1ccc(NC(=O)COC(=O)C=C(C)C)cc1. The third kappa shape index (κ3) is 5.72. The molecule has 0 spiro atoms. The second kappa shape index (κ2) is 7.20. The minimum Gasteiger partial charge on any atom is -0.497 e. The van der Waals surface area contributed by atoms with Crippen molar-refractivity contribution >= 4 is 17.6 Å². The van der Waals surface area contributed by atoms with E-state index in [4.69, 9.17) is 9.47 Å². The van der Waals surface area contributed by atoms with Crippen LogP contribution in [-0.2, 0) is 14.3 Å². The number of hydrogen-bond acceptors (Lipinski definition) is 4. The second-order valence-corrected chi connectivity index (χ2v) is 4.11. The van der Waals surface area contributed by atoms with Crippen LogP contribution in [0.25, 0.3) is 0 Å². The van der Waals surface area contributed by atoms with Gasteiger partial charge in [0, 0.05) is 11.8 Å². The zero-order chi connectivity index (χ0) is 14.3. The van der Waals surface area contributed by atoms with Gasteiger partial charge in [-0.05, 0) is 38.1 Å². The summed E-state index contributed by atoms with van der Waals surface area (Å²) in [6.45, 7) is 3.24. The van der Waals surface area contributed by atoms with Gasteiger partial charge in [0.15, 0.2) is 6.61 Å². The summed E-state index contributed by atoms with van der Waals surface area (Å²) in [5.74, 6) is -0.210. The fourth-order valence-corrected chi connectivity index (χ4v) is 1.29. The average molecular weight is 263 g/mol. The van der Waals surface area contributed by atoms with Crippen LogP contribution in [-0.4, -0.2) is 25.6 Å². The number of methoxy groups -OCH3 is 1. The number of nitrogens with one attached hydrogen (secondary N) is 1. The lowest BCUT2D eigenvalue weighted by molar-refractivity contribution is -0.142. The van der Waals surface area contributed by atoms with E-state index < -0.39 is 5.97 Å². The van der Waals surface area contributed by atoms with Crippen LogP contribution in [0.4, 0.5) is 5.69 Å². The van der Waals surface area contributed by atoms with Gasteiger partial charge in [0.2, 0.25) is 0 Å². The van der Waals surface area contributed by atoms with E-state index >= 15 is 0 Å². The summed E-state index contributed by atoms with van der Waals surface area (Å²) in [6, 6.07) is 6.86. The molecule has 1 aromatic rings. The van der Waals surface area contributed by atoms with Crippen molar-refractivity contribution in [3.05, 3.63) is 35.9 Å². The van der Waals surface area contributed by atoms with Crippen LogP contribution in [0.2, 0.25) is 0 Å². The summed E-state index contributed by atoms with van der Waals surface area (Å²) < 4.78 is 9.78. The first-order chi connectivity index (χ1) is 9.01. The van der Waals surface area contributed by atoms with Gasteiger partial charge in [0.1, 0.15) is 5.75 Å². The van der Waals surface area contributed by atoms with E-state index in [-0.39, 0.29) is 12.5 Å². The molecular formula is C14H17NO4. The van der Waals surface area contributed by atoms with Crippen molar-refractivity contribution in [1.82, 2.24) is 0 Å². The summed E-state index contributed by atoms with van der Waals surface area (Å²) in [4.78, 5) is 22.7. The molecule has 0 aliphatic rings. The average Bonchev–Trinajstić information content (AvgIpc) is 2.36. The van der Waals surface area contributed by atoms with Crippen LogP contribution >= 0.6 is 0 Å². The molecule has 0 saturated heterocycles. The molecule has 0 aliphatic carbocycles. The van der Waals surface area contributed by atoms with Gasteiger partial charge >= 0.3 is 5.97 Å². The van der Waals surface area contributed by atoms with Crippen LogP contribution in [0.3, 0.4) is 0 Å². The number of allylic oxidation sites excluding steroid dienone is 1. The largest absolute Gasteiger partial charge is 0.497 e. The molecule has 0 radical (unpaired) electrons. The Morgan fingerprint density at radius 1 is 1.21 bits per heavy atom. The maximum absolute atomic E-state index is 11.5. The predicted octanol–water partition coefficient (Wildman–Crippen LogP) is 2.14. The summed E-state index contributed by atoms with van der Waals surface area (Å²) in [5.41, 5.74) is 1.43. The molecule has 0 saturated carbocycles. The molecule has 0 aliphatic heterocycles. The second-order valence-electron chi connectivity index (χ2n) is 4.11. The third-order valence-electron chi connectivity index (χ3n) is 2.13. The molecule has 1 amide bonds. The molecule has 1 aromatic carbocycles. The molecule has 1 rings (SSSR count). The monoisotopic (exact) mass is 263 g/mol. The van der Waals surface area contributed by atoms with Crippen molar-refractivity contribution in [2.75, 3.05) is 19.0 Å².